The number of nitrogens with zero attached hydrogens (tertiary/aromatic N) is 1. The van der Waals surface area contributed by atoms with E-state index in [4.69, 9.17) is 0 Å². The van der Waals surface area contributed by atoms with Gasteiger partial charge in [0, 0.05) is 10.9 Å². The zero-order valence-corrected chi connectivity index (χ0v) is 11.2. The highest BCUT2D eigenvalue weighted by molar-refractivity contribution is 5.88. The largest absolute Gasteiger partial charge is 0.508 e. The van der Waals surface area contributed by atoms with Gasteiger partial charge in [-0.15, -0.1) is 0 Å². The van der Waals surface area contributed by atoms with Crippen LogP contribution in [0.25, 0.3) is 10.9 Å². The van der Waals surface area contributed by atoms with Gasteiger partial charge >= 0.3 is 0 Å². The average Bonchev–Trinajstić information content (AvgIpc) is 2.87. The highest BCUT2D eigenvalue weighted by atomic mass is 16.3. The fourth-order valence-corrected chi connectivity index (χ4v) is 2.29. The number of phenolic OH excluding ortho intramolecular Hbond substituents is 2. The Labute approximate surface area is 121 Å². The van der Waals surface area contributed by atoms with Gasteiger partial charge in [-0.25, -0.2) is 0 Å². The van der Waals surface area contributed by atoms with Crippen molar-refractivity contribution in [3.8, 4) is 11.5 Å². The van der Waals surface area contributed by atoms with Gasteiger partial charge in [-0.05, 0) is 42.0 Å². The molecule has 0 atom stereocenters. The van der Waals surface area contributed by atoms with E-state index in [0.717, 1.165) is 22.9 Å². The fourth-order valence-electron chi connectivity index (χ4n) is 2.29. The summed E-state index contributed by atoms with van der Waals surface area (Å²) in [5.74, 6) is 0.979. The number of carbonyl (C=O) groups is 1. The molecule has 0 radical (unpaired) electrons. The third kappa shape index (κ3) is 2.67. The van der Waals surface area contributed by atoms with Crippen molar-refractivity contribution in [1.29, 1.82) is 0 Å². The van der Waals surface area contributed by atoms with Crippen molar-refractivity contribution in [2.24, 2.45) is 0 Å². The Morgan fingerprint density at radius 3 is 2.62 bits per heavy atom. The normalized spacial score (nSPS) is 10.7. The van der Waals surface area contributed by atoms with Gasteiger partial charge in [-0.3, -0.25) is 9.69 Å². The highest BCUT2D eigenvalue weighted by Crippen LogP contribution is 2.25. The lowest BCUT2D eigenvalue weighted by Gasteiger charge is -2.15. The third-order valence-corrected chi connectivity index (χ3v) is 3.29. The summed E-state index contributed by atoms with van der Waals surface area (Å²) in [6.45, 7) is 0.344. The Morgan fingerprint density at radius 2 is 1.86 bits per heavy atom. The molecule has 1 heterocycles. The Morgan fingerprint density at radius 1 is 1.05 bits per heavy atom. The van der Waals surface area contributed by atoms with Gasteiger partial charge in [-0.2, -0.15) is 0 Å². The highest BCUT2D eigenvalue weighted by Gasteiger charge is 2.10. The number of fused-ring (bicyclic) bond motifs is 1. The molecule has 5 heteroatoms. The second-order valence-electron chi connectivity index (χ2n) is 4.83. The first-order chi connectivity index (χ1) is 10.2. The molecule has 0 unspecified atom stereocenters. The molecule has 0 saturated heterocycles. The minimum absolute atomic E-state index is 0.167. The molecule has 0 bridgehead atoms. The second kappa shape index (κ2) is 5.20. The molecule has 0 fully saturated rings. The number of phenols is 2. The van der Waals surface area contributed by atoms with Gasteiger partial charge in [0.05, 0.1) is 6.54 Å². The first-order valence-corrected chi connectivity index (χ1v) is 6.47. The average molecular weight is 282 g/mol. The van der Waals surface area contributed by atoms with Gasteiger partial charge in [-0.1, -0.05) is 12.1 Å². The fraction of sp³-hybridized carbons (Fsp3) is 0.0625. The zero-order chi connectivity index (χ0) is 14.8. The topological polar surface area (TPSA) is 76.6 Å². The van der Waals surface area contributed by atoms with Crippen LogP contribution >= 0.6 is 0 Å². The smallest absolute Gasteiger partial charge is 0.215 e. The number of nitrogens with one attached hydrogen (secondary N) is 1. The Balaban J connectivity index is 1.92. The van der Waals surface area contributed by atoms with Crippen LogP contribution in [0.1, 0.15) is 5.56 Å². The molecular formula is C16H14N2O3. The number of benzene rings is 2. The molecule has 0 aliphatic carbocycles. The first-order valence-electron chi connectivity index (χ1n) is 6.47. The molecule has 3 aromatic rings. The summed E-state index contributed by atoms with van der Waals surface area (Å²) in [7, 11) is 0. The van der Waals surface area contributed by atoms with E-state index in [0.29, 0.717) is 12.4 Å². The van der Waals surface area contributed by atoms with Crippen molar-refractivity contribution >= 4 is 23.1 Å². The van der Waals surface area contributed by atoms with Gasteiger partial charge in [0.25, 0.3) is 0 Å². The Hall–Kier alpha value is -2.95. The molecule has 0 aliphatic heterocycles. The number of rotatable bonds is 4. The van der Waals surface area contributed by atoms with Crippen LogP contribution in [0, 0.1) is 0 Å². The summed E-state index contributed by atoms with van der Waals surface area (Å²) in [5.41, 5.74) is 1.66. The van der Waals surface area contributed by atoms with Crippen LogP contribution < -0.4 is 4.90 Å². The van der Waals surface area contributed by atoms with E-state index in [1.807, 2.05) is 6.07 Å². The number of anilines is 1. The number of aromatic nitrogens is 1. The quantitative estimate of drug-likeness (QED) is 0.644. The van der Waals surface area contributed by atoms with Crippen molar-refractivity contribution in [3.63, 3.8) is 0 Å². The summed E-state index contributed by atoms with van der Waals surface area (Å²) in [6.07, 6.45) is 0.731. The van der Waals surface area contributed by atoms with Crippen molar-refractivity contribution < 1.29 is 15.0 Å². The third-order valence-electron chi connectivity index (χ3n) is 3.29. The first kappa shape index (κ1) is 13.1. The molecule has 5 nitrogen and oxygen atoms in total. The van der Waals surface area contributed by atoms with Crippen LogP contribution in [-0.4, -0.2) is 21.6 Å². The van der Waals surface area contributed by atoms with Crippen LogP contribution in [0.4, 0.5) is 5.82 Å². The summed E-state index contributed by atoms with van der Waals surface area (Å²) in [4.78, 5) is 16.0. The van der Waals surface area contributed by atoms with Crippen molar-refractivity contribution in [2.45, 2.75) is 6.54 Å². The van der Waals surface area contributed by atoms with Crippen molar-refractivity contribution in [3.05, 3.63) is 54.1 Å². The molecule has 1 amide bonds. The van der Waals surface area contributed by atoms with Crippen LogP contribution in [0.3, 0.4) is 0 Å². The summed E-state index contributed by atoms with van der Waals surface area (Å²) in [6, 6.07) is 13.5. The van der Waals surface area contributed by atoms with E-state index >= 15 is 0 Å². The summed E-state index contributed by atoms with van der Waals surface area (Å²) >= 11 is 0. The molecule has 3 N–H and O–H groups in total. The Bertz CT molecular complexity index is 795. The lowest BCUT2D eigenvalue weighted by molar-refractivity contribution is -0.107. The van der Waals surface area contributed by atoms with Crippen LogP contribution in [0.5, 0.6) is 11.5 Å². The lowest BCUT2D eigenvalue weighted by Crippen LogP contribution is -2.20. The number of hydrogen-bond donors (Lipinski definition) is 3. The van der Waals surface area contributed by atoms with E-state index in [1.54, 1.807) is 42.5 Å². The van der Waals surface area contributed by atoms with Crippen LogP contribution in [0.15, 0.2) is 48.5 Å². The molecule has 1 aromatic heterocycles. The maximum absolute atomic E-state index is 11.3. The van der Waals surface area contributed by atoms with E-state index in [-0.39, 0.29) is 11.5 Å². The van der Waals surface area contributed by atoms with Crippen molar-refractivity contribution in [2.75, 3.05) is 4.90 Å². The Kier molecular flexibility index (Phi) is 3.23. The summed E-state index contributed by atoms with van der Waals surface area (Å²) in [5, 5.41) is 19.8. The van der Waals surface area contributed by atoms with Crippen LogP contribution in [-0.2, 0) is 11.3 Å². The van der Waals surface area contributed by atoms with E-state index in [2.05, 4.69) is 4.98 Å². The van der Waals surface area contributed by atoms with Gasteiger partial charge in [0.15, 0.2) is 0 Å². The maximum atomic E-state index is 11.3. The SMILES string of the molecule is O=CN(Cc1cccc(O)c1)c1cc2cc(O)ccc2[nH]1. The minimum Gasteiger partial charge on any atom is -0.508 e. The van der Waals surface area contributed by atoms with E-state index < -0.39 is 0 Å². The van der Waals surface area contributed by atoms with Crippen molar-refractivity contribution in [1.82, 2.24) is 4.98 Å². The monoisotopic (exact) mass is 282 g/mol. The molecule has 2 aromatic carbocycles. The standard InChI is InChI=1S/C16H14N2O3/c19-10-18(9-11-2-1-3-13(20)6-11)16-8-12-7-14(21)4-5-15(12)17-16/h1-8,10,17,20-21H,9H2. The van der Waals surface area contributed by atoms with E-state index in [1.165, 1.54) is 4.90 Å². The van der Waals surface area contributed by atoms with Gasteiger partial charge in [0.2, 0.25) is 6.41 Å². The molecule has 106 valence electrons. The lowest BCUT2D eigenvalue weighted by atomic mass is 10.2. The molecular weight excluding hydrogens is 268 g/mol. The molecule has 21 heavy (non-hydrogen) atoms. The summed E-state index contributed by atoms with van der Waals surface area (Å²) < 4.78 is 0. The van der Waals surface area contributed by atoms with Gasteiger partial charge in [0.1, 0.15) is 17.3 Å². The number of aromatic hydroxyl groups is 2. The minimum atomic E-state index is 0.167. The maximum Gasteiger partial charge on any atom is 0.215 e. The number of amides is 1. The predicted octanol–water partition coefficient (Wildman–Crippen LogP) is 2.74. The van der Waals surface area contributed by atoms with Gasteiger partial charge < -0.3 is 15.2 Å². The predicted molar refractivity (Wildman–Crippen MR) is 80.3 cm³/mol. The number of aromatic amines is 1. The molecule has 3 rings (SSSR count). The zero-order valence-electron chi connectivity index (χ0n) is 11.2. The number of carbonyl (C=O) groups excluding carboxylic acids is 1. The second-order valence-corrected chi connectivity index (χ2v) is 4.83. The van der Waals surface area contributed by atoms with Crippen LogP contribution in [0.2, 0.25) is 0 Å². The molecule has 0 aliphatic rings. The van der Waals surface area contributed by atoms with E-state index in [9.17, 15) is 15.0 Å². The molecule has 0 spiro atoms. The number of hydrogen-bond acceptors (Lipinski definition) is 3. The molecule has 0 saturated carbocycles. The number of H-pyrrole nitrogens is 1.